The maximum Gasteiger partial charge on any atom is 0.162 e. The normalized spacial score (nSPS) is 17.7. The number of anilines is 2. The summed E-state index contributed by atoms with van der Waals surface area (Å²) in [6.07, 6.45) is 0. The van der Waals surface area contributed by atoms with Crippen LogP contribution in [0.1, 0.15) is 0 Å². The lowest BCUT2D eigenvalue weighted by Gasteiger charge is -2.28. The van der Waals surface area contributed by atoms with Gasteiger partial charge in [0.2, 0.25) is 0 Å². The Morgan fingerprint density at radius 2 is 1.76 bits per heavy atom. The van der Waals surface area contributed by atoms with Gasteiger partial charge in [-0.05, 0) is 0 Å². The first kappa shape index (κ1) is 11.9. The summed E-state index contributed by atoms with van der Waals surface area (Å²) in [6, 6.07) is 4.14. The van der Waals surface area contributed by atoms with E-state index in [0.717, 1.165) is 29.4 Å². The lowest BCUT2D eigenvalue weighted by atomic mass is 10.1. The van der Waals surface area contributed by atoms with Crippen molar-refractivity contribution in [1.82, 2.24) is 0 Å². The zero-order valence-corrected chi connectivity index (χ0v) is 10.4. The molecule has 1 aromatic rings. The van der Waals surface area contributed by atoms with Gasteiger partial charge in [0.25, 0.3) is 0 Å². The summed E-state index contributed by atoms with van der Waals surface area (Å²) in [5, 5.41) is 6.75. The van der Waals surface area contributed by atoms with Gasteiger partial charge < -0.3 is 24.8 Å². The third-order valence-electron chi connectivity index (χ3n) is 2.79. The van der Waals surface area contributed by atoms with Crippen molar-refractivity contribution < 1.29 is 14.2 Å². The standard InChI is InChI=1S/C12H18N2O3/c1-15-7-8-6-13-9-4-11(16-2)12(17-3)5-10(9)14-8/h4-5,8,13-14H,6-7H2,1-3H3. The first-order chi connectivity index (χ1) is 8.28. The molecule has 0 radical (unpaired) electrons. The number of hydrogen-bond acceptors (Lipinski definition) is 5. The molecule has 0 spiro atoms. The van der Waals surface area contributed by atoms with Gasteiger partial charge >= 0.3 is 0 Å². The maximum atomic E-state index is 5.27. The molecule has 5 heteroatoms. The lowest BCUT2D eigenvalue weighted by molar-refractivity contribution is 0.188. The van der Waals surface area contributed by atoms with Crippen LogP contribution in [0.3, 0.4) is 0 Å². The number of methoxy groups -OCH3 is 3. The van der Waals surface area contributed by atoms with Gasteiger partial charge in [-0.15, -0.1) is 0 Å². The van der Waals surface area contributed by atoms with Crippen LogP contribution in [0.4, 0.5) is 11.4 Å². The molecule has 1 aliphatic heterocycles. The Kier molecular flexibility index (Phi) is 3.58. The molecule has 0 bridgehead atoms. The van der Waals surface area contributed by atoms with E-state index in [4.69, 9.17) is 14.2 Å². The predicted molar refractivity (Wildman–Crippen MR) is 67.3 cm³/mol. The van der Waals surface area contributed by atoms with Crippen LogP contribution in [0.2, 0.25) is 0 Å². The molecule has 1 aliphatic rings. The molecule has 0 fully saturated rings. The van der Waals surface area contributed by atoms with E-state index in [-0.39, 0.29) is 6.04 Å². The summed E-state index contributed by atoms with van der Waals surface area (Å²) in [6.45, 7) is 1.50. The van der Waals surface area contributed by atoms with Crippen molar-refractivity contribution in [1.29, 1.82) is 0 Å². The van der Waals surface area contributed by atoms with Crippen LogP contribution in [-0.2, 0) is 4.74 Å². The van der Waals surface area contributed by atoms with Crippen molar-refractivity contribution in [2.45, 2.75) is 6.04 Å². The van der Waals surface area contributed by atoms with E-state index in [1.54, 1.807) is 21.3 Å². The molecule has 2 N–H and O–H groups in total. The Bertz CT molecular complexity index is 396. The molecule has 0 saturated carbocycles. The topological polar surface area (TPSA) is 51.8 Å². The van der Waals surface area contributed by atoms with Gasteiger partial charge in [-0.1, -0.05) is 0 Å². The average molecular weight is 238 g/mol. The predicted octanol–water partition coefficient (Wildman–Crippen LogP) is 1.56. The number of rotatable bonds is 4. The van der Waals surface area contributed by atoms with Crippen LogP contribution >= 0.6 is 0 Å². The third kappa shape index (κ3) is 2.39. The molecule has 0 aliphatic carbocycles. The van der Waals surface area contributed by atoms with Crippen LogP contribution in [0, 0.1) is 0 Å². The van der Waals surface area contributed by atoms with E-state index in [9.17, 15) is 0 Å². The zero-order valence-electron chi connectivity index (χ0n) is 10.4. The smallest absolute Gasteiger partial charge is 0.162 e. The lowest BCUT2D eigenvalue weighted by Crippen LogP contribution is -2.36. The number of nitrogens with one attached hydrogen (secondary N) is 2. The number of ether oxygens (including phenoxy) is 3. The highest BCUT2D eigenvalue weighted by Gasteiger charge is 2.19. The molecular weight excluding hydrogens is 220 g/mol. The van der Waals surface area contributed by atoms with E-state index in [2.05, 4.69) is 10.6 Å². The van der Waals surface area contributed by atoms with Crippen LogP contribution < -0.4 is 20.1 Å². The van der Waals surface area contributed by atoms with Gasteiger partial charge in [0, 0.05) is 25.8 Å². The molecule has 5 nitrogen and oxygen atoms in total. The highest BCUT2D eigenvalue weighted by Crippen LogP contribution is 2.38. The molecule has 1 heterocycles. The summed E-state index contributed by atoms with van der Waals surface area (Å²) >= 11 is 0. The molecule has 17 heavy (non-hydrogen) atoms. The first-order valence-corrected chi connectivity index (χ1v) is 5.54. The second kappa shape index (κ2) is 5.14. The zero-order chi connectivity index (χ0) is 12.3. The van der Waals surface area contributed by atoms with Crippen molar-refractivity contribution in [3.8, 4) is 11.5 Å². The van der Waals surface area contributed by atoms with Gasteiger partial charge in [0.1, 0.15) is 0 Å². The molecule has 0 amide bonds. The highest BCUT2D eigenvalue weighted by molar-refractivity contribution is 5.76. The van der Waals surface area contributed by atoms with Crippen LogP contribution in [0.5, 0.6) is 11.5 Å². The van der Waals surface area contributed by atoms with Gasteiger partial charge in [0.15, 0.2) is 11.5 Å². The SMILES string of the molecule is COCC1CNc2cc(OC)c(OC)cc2N1. The highest BCUT2D eigenvalue weighted by atomic mass is 16.5. The first-order valence-electron chi connectivity index (χ1n) is 5.54. The van der Waals surface area contributed by atoms with E-state index in [1.807, 2.05) is 12.1 Å². The quantitative estimate of drug-likeness (QED) is 0.833. The Balaban J connectivity index is 2.25. The minimum absolute atomic E-state index is 0.269. The van der Waals surface area contributed by atoms with Crippen LogP contribution in [0.15, 0.2) is 12.1 Å². The fourth-order valence-electron chi connectivity index (χ4n) is 1.95. The van der Waals surface area contributed by atoms with Crippen molar-refractivity contribution in [3.05, 3.63) is 12.1 Å². The second-order valence-corrected chi connectivity index (χ2v) is 3.93. The summed E-state index contributed by atoms with van der Waals surface area (Å²) in [5.74, 6) is 1.45. The van der Waals surface area contributed by atoms with Crippen LogP contribution in [-0.4, -0.2) is 40.5 Å². The molecule has 2 rings (SSSR count). The summed E-state index contributed by atoms with van der Waals surface area (Å²) in [7, 11) is 4.97. The van der Waals surface area contributed by atoms with E-state index < -0.39 is 0 Å². The van der Waals surface area contributed by atoms with Gasteiger partial charge in [0.05, 0.1) is 38.2 Å². The number of fused-ring (bicyclic) bond motifs is 1. The summed E-state index contributed by atoms with van der Waals surface area (Å²) < 4.78 is 15.7. The average Bonchev–Trinajstić information content (AvgIpc) is 2.37. The van der Waals surface area contributed by atoms with Crippen LogP contribution in [0.25, 0.3) is 0 Å². The fraction of sp³-hybridized carbons (Fsp3) is 0.500. The molecular formula is C12H18N2O3. The Morgan fingerprint density at radius 1 is 1.12 bits per heavy atom. The molecule has 94 valence electrons. The van der Waals surface area contributed by atoms with Crippen molar-refractivity contribution in [2.24, 2.45) is 0 Å². The minimum atomic E-state index is 0.269. The van der Waals surface area contributed by atoms with Gasteiger partial charge in [-0.25, -0.2) is 0 Å². The Hall–Kier alpha value is -1.62. The third-order valence-corrected chi connectivity index (χ3v) is 2.79. The molecule has 0 aromatic heterocycles. The summed E-state index contributed by atoms with van der Waals surface area (Å²) in [5.41, 5.74) is 2.03. The van der Waals surface area contributed by atoms with E-state index in [1.165, 1.54) is 0 Å². The Morgan fingerprint density at radius 3 is 2.35 bits per heavy atom. The molecule has 1 aromatic carbocycles. The largest absolute Gasteiger partial charge is 0.493 e. The minimum Gasteiger partial charge on any atom is -0.493 e. The van der Waals surface area contributed by atoms with E-state index in [0.29, 0.717) is 6.61 Å². The van der Waals surface area contributed by atoms with Crippen molar-refractivity contribution in [2.75, 3.05) is 45.1 Å². The fourth-order valence-corrected chi connectivity index (χ4v) is 1.95. The van der Waals surface area contributed by atoms with Crippen molar-refractivity contribution >= 4 is 11.4 Å². The molecule has 1 unspecified atom stereocenters. The molecule has 1 atom stereocenters. The van der Waals surface area contributed by atoms with E-state index >= 15 is 0 Å². The monoisotopic (exact) mass is 238 g/mol. The molecule has 0 saturated heterocycles. The second-order valence-electron chi connectivity index (χ2n) is 3.93. The number of hydrogen-bond donors (Lipinski definition) is 2. The Labute approximate surface area is 101 Å². The number of benzene rings is 1. The van der Waals surface area contributed by atoms with Gasteiger partial charge in [-0.2, -0.15) is 0 Å². The summed E-state index contributed by atoms with van der Waals surface area (Å²) in [4.78, 5) is 0. The van der Waals surface area contributed by atoms with Crippen molar-refractivity contribution in [3.63, 3.8) is 0 Å². The van der Waals surface area contributed by atoms with Gasteiger partial charge in [-0.3, -0.25) is 0 Å². The maximum absolute atomic E-state index is 5.27.